The van der Waals surface area contributed by atoms with Crippen LogP contribution in [0.2, 0.25) is 0 Å². The molecule has 3 rings (SSSR count). The topological polar surface area (TPSA) is 115 Å². The van der Waals surface area contributed by atoms with E-state index in [-0.39, 0.29) is 30.0 Å². The standard InChI is InChI=1S/C18H23N3O6S/c1-3-26-15(23)14-19-12(10-28-14)9-27-13(22)8-21-16(24)18(20-17(21)25)7-5-4-6-11(18)2/h10-11H,3-9H2,1-2H3,(H,20,25). The van der Waals surface area contributed by atoms with E-state index in [1.807, 2.05) is 6.92 Å². The van der Waals surface area contributed by atoms with Crippen LogP contribution < -0.4 is 5.32 Å². The van der Waals surface area contributed by atoms with Gasteiger partial charge in [0.05, 0.1) is 12.3 Å². The Balaban J connectivity index is 1.56. The van der Waals surface area contributed by atoms with E-state index >= 15 is 0 Å². The van der Waals surface area contributed by atoms with Crippen LogP contribution in [0.5, 0.6) is 0 Å². The Morgan fingerprint density at radius 1 is 1.36 bits per heavy atom. The fraction of sp³-hybridized carbons (Fsp3) is 0.611. The Labute approximate surface area is 166 Å². The molecule has 2 fully saturated rings. The van der Waals surface area contributed by atoms with Crippen molar-refractivity contribution in [1.82, 2.24) is 15.2 Å². The Kier molecular flexibility index (Phi) is 5.97. The predicted octanol–water partition coefficient (Wildman–Crippen LogP) is 1.86. The van der Waals surface area contributed by atoms with Gasteiger partial charge in [0.2, 0.25) is 5.01 Å². The molecule has 28 heavy (non-hydrogen) atoms. The third-order valence-electron chi connectivity index (χ3n) is 5.17. The lowest BCUT2D eigenvalue weighted by molar-refractivity contribution is -0.149. The van der Waals surface area contributed by atoms with Crippen LogP contribution in [0, 0.1) is 5.92 Å². The zero-order valence-corrected chi connectivity index (χ0v) is 16.7. The molecule has 0 radical (unpaired) electrons. The largest absolute Gasteiger partial charge is 0.461 e. The van der Waals surface area contributed by atoms with Gasteiger partial charge in [0.25, 0.3) is 5.91 Å². The summed E-state index contributed by atoms with van der Waals surface area (Å²) in [7, 11) is 0. The number of nitrogens with zero attached hydrogens (tertiary/aromatic N) is 2. The van der Waals surface area contributed by atoms with Gasteiger partial charge >= 0.3 is 18.0 Å². The zero-order valence-electron chi connectivity index (χ0n) is 15.9. The molecule has 1 N–H and O–H groups in total. The van der Waals surface area contributed by atoms with Gasteiger partial charge in [-0.25, -0.2) is 14.6 Å². The summed E-state index contributed by atoms with van der Waals surface area (Å²) in [4.78, 5) is 53.8. The number of hydrogen-bond acceptors (Lipinski definition) is 8. The minimum atomic E-state index is -0.904. The van der Waals surface area contributed by atoms with Gasteiger partial charge in [0, 0.05) is 5.38 Å². The summed E-state index contributed by atoms with van der Waals surface area (Å²) in [5.41, 5.74) is -0.505. The van der Waals surface area contributed by atoms with Crippen molar-refractivity contribution in [2.24, 2.45) is 5.92 Å². The number of aromatic nitrogens is 1. The van der Waals surface area contributed by atoms with Crippen LogP contribution in [0.1, 0.15) is 55.0 Å². The highest BCUT2D eigenvalue weighted by atomic mass is 32.1. The van der Waals surface area contributed by atoms with Gasteiger partial charge in [0.15, 0.2) is 0 Å². The molecule has 1 aliphatic carbocycles. The SMILES string of the molecule is CCOC(=O)c1nc(COC(=O)CN2C(=O)NC3(CCCCC3C)C2=O)cs1. The maximum absolute atomic E-state index is 12.8. The first kappa shape index (κ1) is 20.2. The van der Waals surface area contributed by atoms with Crippen LogP contribution in [0.15, 0.2) is 5.38 Å². The van der Waals surface area contributed by atoms with Crippen molar-refractivity contribution in [3.63, 3.8) is 0 Å². The van der Waals surface area contributed by atoms with Crippen molar-refractivity contribution >= 4 is 35.2 Å². The van der Waals surface area contributed by atoms with E-state index in [0.29, 0.717) is 12.1 Å². The molecule has 2 atom stereocenters. The molecule has 0 aromatic carbocycles. The lowest BCUT2D eigenvalue weighted by Gasteiger charge is -2.36. The highest BCUT2D eigenvalue weighted by Gasteiger charge is 2.55. The van der Waals surface area contributed by atoms with E-state index in [1.165, 1.54) is 0 Å². The molecule has 1 aliphatic heterocycles. The second kappa shape index (κ2) is 8.26. The molecule has 2 unspecified atom stereocenters. The molecular formula is C18H23N3O6S. The van der Waals surface area contributed by atoms with Crippen LogP contribution in [0.3, 0.4) is 0 Å². The molecule has 1 saturated heterocycles. The highest BCUT2D eigenvalue weighted by Crippen LogP contribution is 2.38. The summed E-state index contributed by atoms with van der Waals surface area (Å²) in [6, 6.07) is -0.561. The second-order valence-electron chi connectivity index (χ2n) is 6.96. The first-order valence-electron chi connectivity index (χ1n) is 9.28. The number of carbonyl (C=O) groups excluding carboxylic acids is 4. The number of esters is 2. The molecule has 1 aromatic rings. The van der Waals surface area contributed by atoms with Crippen LogP contribution in [-0.2, 0) is 25.7 Å². The van der Waals surface area contributed by atoms with E-state index in [2.05, 4.69) is 10.3 Å². The number of nitrogens with one attached hydrogen (secondary N) is 1. The van der Waals surface area contributed by atoms with E-state index in [1.54, 1.807) is 12.3 Å². The third-order valence-corrected chi connectivity index (χ3v) is 6.04. The van der Waals surface area contributed by atoms with Crippen molar-refractivity contribution in [1.29, 1.82) is 0 Å². The van der Waals surface area contributed by atoms with Crippen molar-refractivity contribution in [3.05, 3.63) is 16.1 Å². The summed E-state index contributed by atoms with van der Waals surface area (Å²) < 4.78 is 9.98. The number of ether oxygens (including phenoxy) is 2. The van der Waals surface area contributed by atoms with Crippen LogP contribution in [0.4, 0.5) is 4.79 Å². The molecule has 3 amide bonds. The zero-order chi connectivity index (χ0) is 20.3. The monoisotopic (exact) mass is 409 g/mol. The smallest absolute Gasteiger partial charge is 0.367 e. The summed E-state index contributed by atoms with van der Waals surface area (Å²) in [6.07, 6.45) is 3.33. The van der Waals surface area contributed by atoms with Crippen molar-refractivity contribution in [2.45, 2.75) is 51.7 Å². The maximum Gasteiger partial charge on any atom is 0.367 e. The Morgan fingerprint density at radius 2 is 2.14 bits per heavy atom. The molecule has 1 saturated carbocycles. The molecule has 1 aromatic heterocycles. The normalized spacial score (nSPS) is 24.4. The molecule has 152 valence electrons. The molecular weight excluding hydrogens is 386 g/mol. The van der Waals surface area contributed by atoms with Gasteiger partial charge in [-0.1, -0.05) is 19.8 Å². The minimum absolute atomic E-state index is 0.0232. The van der Waals surface area contributed by atoms with Crippen LogP contribution in [0.25, 0.3) is 0 Å². The predicted molar refractivity (Wildman–Crippen MR) is 98.5 cm³/mol. The lowest BCUT2D eigenvalue weighted by Crippen LogP contribution is -2.54. The summed E-state index contributed by atoms with van der Waals surface area (Å²) in [5, 5.41) is 4.56. The van der Waals surface area contributed by atoms with E-state index in [4.69, 9.17) is 9.47 Å². The van der Waals surface area contributed by atoms with Gasteiger partial charge in [-0.3, -0.25) is 14.5 Å². The summed E-state index contributed by atoms with van der Waals surface area (Å²) in [6.45, 7) is 3.29. The van der Waals surface area contributed by atoms with E-state index < -0.39 is 30.1 Å². The third kappa shape index (κ3) is 3.87. The van der Waals surface area contributed by atoms with Gasteiger partial charge in [-0.15, -0.1) is 11.3 Å². The number of hydrogen-bond donors (Lipinski definition) is 1. The molecule has 0 bridgehead atoms. The minimum Gasteiger partial charge on any atom is -0.461 e. The Hall–Kier alpha value is -2.49. The number of amides is 3. The Morgan fingerprint density at radius 3 is 2.86 bits per heavy atom. The number of urea groups is 1. The number of thiazole rings is 1. The fourth-order valence-electron chi connectivity index (χ4n) is 3.63. The van der Waals surface area contributed by atoms with E-state index in [0.717, 1.165) is 35.5 Å². The van der Waals surface area contributed by atoms with Gasteiger partial charge in [0.1, 0.15) is 18.7 Å². The summed E-state index contributed by atoms with van der Waals surface area (Å²) in [5.74, 6) is -1.58. The number of rotatable bonds is 6. The quantitative estimate of drug-likeness (QED) is 0.563. The molecule has 1 spiro atoms. The average Bonchev–Trinajstić information content (AvgIpc) is 3.23. The van der Waals surface area contributed by atoms with E-state index in [9.17, 15) is 19.2 Å². The maximum atomic E-state index is 12.8. The van der Waals surface area contributed by atoms with Crippen LogP contribution in [-0.4, -0.2) is 52.5 Å². The highest BCUT2D eigenvalue weighted by molar-refractivity contribution is 7.11. The number of imide groups is 1. The summed E-state index contributed by atoms with van der Waals surface area (Å²) >= 11 is 1.09. The average molecular weight is 409 g/mol. The number of carbonyl (C=O) groups is 4. The van der Waals surface area contributed by atoms with Gasteiger partial charge in [-0.05, 0) is 25.7 Å². The molecule has 2 aliphatic rings. The second-order valence-corrected chi connectivity index (χ2v) is 7.82. The molecule has 2 heterocycles. The van der Waals surface area contributed by atoms with Gasteiger partial charge < -0.3 is 14.8 Å². The molecule has 9 nitrogen and oxygen atoms in total. The first-order valence-corrected chi connectivity index (χ1v) is 10.2. The Bertz CT molecular complexity index is 794. The fourth-order valence-corrected chi connectivity index (χ4v) is 4.32. The lowest BCUT2D eigenvalue weighted by atomic mass is 9.73. The van der Waals surface area contributed by atoms with Crippen molar-refractivity contribution in [2.75, 3.05) is 13.2 Å². The van der Waals surface area contributed by atoms with Crippen molar-refractivity contribution < 1.29 is 28.7 Å². The molecule has 10 heteroatoms. The first-order chi connectivity index (χ1) is 13.4. The van der Waals surface area contributed by atoms with Crippen LogP contribution >= 0.6 is 11.3 Å². The van der Waals surface area contributed by atoms with Gasteiger partial charge in [-0.2, -0.15) is 0 Å². The van der Waals surface area contributed by atoms with Crippen molar-refractivity contribution in [3.8, 4) is 0 Å².